The molecule has 0 radical (unpaired) electrons. The number of rotatable bonds is 42. The minimum atomic E-state index is -3.96. The normalized spacial score (nSPS) is 14.3. The second kappa shape index (κ2) is 38.0. The van der Waals surface area contributed by atoms with E-state index < -0.39 is 15.4 Å². The summed E-state index contributed by atoms with van der Waals surface area (Å²) in [6.07, 6.45) is 41.2. The van der Waals surface area contributed by atoms with Gasteiger partial charge in [0, 0.05) is 6.16 Å². The van der Waals surface area contributed by atoms with Crippen LogP contribution in [0.1, 0.15) is 232 Å². The van der Waals surface area contributed by atoms with Crippen molar-refractivity contribution in [2.24, 2.45) is 0 Å². The van der Waals surface area contributed by atoms with Crippen LogP contribution >= 0.6 is 15.4 Å². The van der Waals surface area contributed by atoms with Crippen molar-refractivity contribution >= 4 is 15.4 Å². The Hall–Kier alpha value is 0.260. The lowest BCUT2D eigenvalue weighted by atomic mass is 10.0. The van der Waals surface area contributed by atoms with E-state index in [1.807, 2.05) is 0 Å². The van der Waals surface area contributed by atoms with Gasteiger partial charge in [-0.1, -0.05) is 206 Å². The lowest BCUT2D eigenvalue weighted by Gasteiger charge is -2.12. The van der Waals surface area contributed by atoms with Crippen molar-refractivity contribution in [2.75, 3.05) is 26.0 Å². The largest absolute Gasteiger partial charge is 0.472 e. The van der Waals surface area contributed by atoms with Crippen molar-refractivity contribution in [1.82, 2.24) is 0 Å². The molecule has 0 aliphatic rings. The molecular formula is C40H84O7P2. The lowest BCUT2D eigenvalue weighted by Crippen LogP contribution is -1.99. The van der Waals surface area contributed by atoms with Crippen molar-refractivity contribution in [1.29, 1.82) is 0 Å². The van der Waals surface area contributed by atoms with E-state index in [9.17, 15) is 18.9 Å². The number of hydrogen-bond donors (Lipinski definition) is 2. The van der Waals surface area contributed by atoms with Crippen LogP contribution in [-0.4, -0.2) is 35.8 Å². The molecule has 0 rings (SSSR count). The van der Waals surface area contributed by atoms with Crippen molar-refractivity contribution < 1.29 is 32.5 Å². The smallest absolute Gasteiger partial charge is 0.324 e. The molecule has 7 nitrogen and oxygen atoms in total. The highest BCUT2D eigenvalue weighted by Gasteiger charge is 2.20. The molecule has 0 aliphatic heterocycles. The fourth-order valence-electron chi connectivity index (χ4n) is 6.38. The predicted molar refractivity (Wildman–Crippen MR) is 211 cm³/mol. The molecule has 0 heterocycles. The van der Waals surface area contributed by atoms with Gasteiger partial charge in [-0.2, -0.15) is 0 Å². The first kappa shape index (κ1) is 49.3. The fraction of sp³-hybridized carbons (Fsp3) is 1.00. The summed E-state index contributed by atoms with van der Waals surface area (Å²) in [7, 11) is -7.45. The molecule has 0 fully saturated rings. The number of hydrogen-bond acceptors (Lipinski definition) is 5. The minimum Gasteiger partial charge on any atom is -0.324 e. The van der Waals surface area contributed by atoms with Crippen LogP contribution in [0.25, 0.3) is 0 Å². The van der Waals surface area contributed by atoms with Gasteiger partial charge >= 0.3 is 15.4 Å². The SMILES string of the molecule is CCCCCCCCCCCCCCCCOP(=O)(O)CCCCCCCCOP(=O)(O)OCCCCCCCCCCCCCCCC. The quantitative estimate of drug-likeness (QED) is 0.0475. The number of phosphoric acid groups is 1. The molecule has 0 bridgehead atoms. The highest BCUT2D eigenvalue weighted by atomic mass is 31.2. The van der Waals surface area contributed by atoms with Crippen LogP contribution in [0.4, 0.5) is 0 Å². The topological polar surface area (TPSA) is 102 Å². The Morgan fingerprint density at radius 3 is 0.837 bits per heavy atom. The fourth-order valence-corrected chi connectivity index (χ4v) is 8.34. The van der Waals surface area contributed by atoms with Crippen LogP contribution in [0, 0.1) is 0 Å². The van der Waals surface area contributed by atoms with Gasteiger partial charge in [-0.15, -0.1) is 0 Å². The molecule has 0 aromatic rings. The average molecular weight is 739 g/mol. The standard InChI is InChI=1S/C40H84O7P2/c1-3-5-7-9-11-13-15-17-19-21-23-25-29-33-37-45-48(41,42)40-36-32-28-27-31-35-39-47-49(43,44)46-38-34-30-26-24-22-20-18-16-14-12-10-8-6-4-2/h3-40H2,1-2H3,(H,41,42)(H,43,44). The predicted octanol–water partition coefficient (Wildman–Crippen LogP) is 14.6. The van der Waals surface area contributed by atoms with Crippen LogP contribution < -0.4 is 0 Å². The highest BCUT2D eigenvalue weighted by molar-refractivity contribution is 7.52. The average Bonchev–Trinajstić information content (AvgIpc) is 3.07. The van der Waals surface area contributed by atoms with Gasteiger partial charge in [0.1, 0.15) is 0 Å². The zero-order chi connectivity index (χ0) is 36.0. The van der Waals surface area contributed by atoms with Crippen LogP contribution in [0.5, 0.6) is 0 Å². The van der Waals surface area contributed by atoms with E-state index in [2.05, 4.69) is 13.8 Å². The van der Waals surface area contributed by atoms with Gasteiger partial charge in [0.2, 0.25) is 0 Å². The molecule has 2 unspecified atom stereocenters. The monoisotopic (exact) mass is 739 g/mol. The molecule has 0 saturated heterocycles. The molecule has 49 heavy (non-hydrogen) atoms. The maximum Gasteiger partial charge on any atom is 0.472 e. The minimum absolute atomic E-state index is 0.214. The summed E-state index contributed by atoms with van der Waals surface area (Å²) in [5.74, 6) is 0. The van der Waals surface area contributed by atoms with Gasteiger partial charge in [-0.25, -0.2) is 4.57 Å². The second-order valence-corrected chi connectivity index (χ2v) is 18.1. The van der Waals surface area contributed by atoms with Crippen molar-refractivity contribution in [3.8, 4) is 0 Å². The van der Waals surface area contributed by atoms with Crippen molar-refractivity contribution in [3.63, 3.8) is 0 Å². The summed E-state index contributed by atoms with van der Waals surface area (Å²) >= 11 is 0. The first-order valence-electron chi connectivity index (χ1n) is 21.4. The van der Waals surface area contributed by atoms with Crippen LogP contribution in [0.3, 0.4) is 0 Å². The molecule has 296 valence electrons. The van der Waals surface area contributed by atoms with E-state index in [4.69, 9.17) is 13.6 Å². The summed E-state index contributed by atoms with van der Waals surface area (Å²) in [4.78, 5) is 20.0. The van der Waals surface area contributed by atoms with E-state index in [0.717, 1.165) is 57.8 Å². The summed E-state index contributed by atoms with van der Waals surface area (Å²) in [5.41, 5.74) is 0. The maximum atomic E-state index is 12.3. The Kier molecular flexibility index (Phi) is 38.2. The van der Waals surface area contributed by atoms with Crippen LogP contribution in [0.15, 0.2) is 0 Å². The molecule has 0 aliphatic carbocycles. The van der Waals surface area contributed by atoms with E-state index >= 15 is 0 Å². The molecule has 0 aromatic heterocycles. The molecule has 9 heteroatoms. The Morgan fingerprint density at radius 2 is 0.551 bits per heavy atom. The second-order valence-electron chi connectivity index (χ2n) is 14.6. The van der Waals surface area contributed by atoms with Crippen molar-refractivity contribution in [3.05, 3.63) is 0 Å². The molecule has 2 atom stereocenters. The Bertz CT molecular complexity index is 692. The van der Waals surface area contributed by atoms with Crippen LogP contribution in [0.2, 0.25) is 0 Å². The summed E-state index contributed by atoms with van der Waals surface area (Å²) in [5, 5.41) is 0. The number of unbranched alkanes of at least 4 members (excludes halogenated alkanes) is 31. The number of phosphoric ester groups is 1. The first-order valence-corrected chi connectivity index (χ1v) is 24.7. The van der Waals surface area contributed by atoms with Gasteiger partial charge in [0.15, 0.2) is 0 Å². The van der Waals surface area contributed by atoms with E-state index in [0.29, 0.717) is 19.4 Å². The van der Waals surface area contributed by atoms with E-state index in [1.165, 1.54) is 148 Å². The van der Waals surface area contributed by atoms with Gasteiger partial charge in [0.25, 0.3) is 0 Å². The summed E-state index contributed by atoms with van der Waals surface area (Å²) in [6.45, 7) is 5.39. The Balaban J connectivity index is 3.43. The van der Waals surface area contributed by atoms with Gasteiger partial charge in [-0.05, 0) is 25.7 Å². The van der Waals surface area contributed by atoms with Gasteiger partial charge in [0.05, 0.1) is 19.8 Å². The first-order chi connectivity index (χ1) is 23.8. The maximum absolute atomic E-state index is 12.3. The molecule has 0 spiro atoms. The molecular weight excluding hydrogens is 654 g/mol. The van der Waals surface area contributed by atoms with Crippen molar-refractivity contribution in [2.45, 2.75) is 232 Å². The lowest BCUT2D eigenvalue weighted by molar-refractivity contribution is 0.145. The van der Waals surface area contributed by atoms with Crippen LogP contribution in [-0.2, 0) is 22.7 Å². The zero-order valence-corrected chi connectivity index (χ0v) is 34.5. The highest BCUT2D eigenvalue weighted by Crippen LogP contribution is 2.44. The zero-order valence-electron chi connectivity index (χ0n) is 32.7. The molecule has 0 aromatic carbocycles. The summed E-state index contributed by atoms with van der Waals surface area (Å²) in [6, 6.07) is 0. The Labute approximate surface area is 305 Å². The Morgan fingerprint density at radius 1 is 0.327 bits per heavy atom. The molecule has 2 N–H and O–H groups in total. The van der Waals surface area contributed by atoms with E-state index in [1.54, 1.807) is 0 Å². The summed E-state index contributed by atoms with van der Waals surface area (Å²) < 4.78 is 40.0. The third-order valence-corrected chi connectivity index (χ3v) is 12.1. The molecule has 0 saturated carbocycles. The third-order valence-electron chi connectivity index (χ3n) is 9.63. The molecule has 0 amide bonds. The van der Waals surface area contributed by atoms with Gasteiger partial charge in [-0.3, -0.25) is 13.6 Å². The van der Waals surface area contributed by atoms with E-state index in [-0.39, 0.29) is 19.4 Å². The third kappa shape index (κ3) is 40.9. The van der Waals surface area contributed by atoms with Gasteiger partial charge < -0.3 is 14.3 Å².